The molecule has 2 fully saturated rings. The largest absolute Gasteiger partial charge is 0.491 e. The van der Waals surface area contributed by atoms with Crippen molar-refractivity contribution in [2.75, 3.05) is 13.2 Å². The number of hydrogen-bond acceptors (Lipinski definition) is 5. The Balaban J connectivity index is 1.80. The lowest BCUT2D eigenvalue weighted by Crippen LogP contribution is -2.49. The minimum absolute atomic E-state index is 0.0664. The number of carboxylic acid groups (broad SMARTS) is 1. The fourth-order valence-electron chi connectivity index (χ4n) is 6.71. The molecule has 1 saturated heterocycles. The van der Waals surface area contributed by atoms with Gasteiger partial charge in [-0.25, -0.2) is 4.79 Å². The fraction of sp³-hybridized carbons (Fsp3) is 0.562. The van der Waals surface area contributed by atoms with Crippen molar-refractivity contribution < 1.29 is 37.7 Å². The van der Waals surface area contributed by atoms with E-state index in [0.717, 1.165) is 37.0 Å². The Kier molecular flexibility index (Phi) is 9.88. The zero-order valence-electron chi connectivity index (χ0n) is 24.4. The van der Waals surface area contributed by atoms with Crippen molar-refractivity contribution in [1.82, 2.24) is 10.2 Å². The molecule has 42 heavy (non-hydrogen) atoms. The number of likely N-dealkylation sites (tertiary alicyclic amines) is 1. The van der Waals surface area contributed by atoms with E-state index in [1.54, 1.807) is 4.90 Å². The molecule has 2 aromatic rings. The van der Waals surface area contributed by atoms with Crippen LogP contribution in [0.3, 0.4) is 0 Å². The van der Waals surface area contributed by atoms with Crippen LogP contribution in [0.15, 0.2) is 48.5 Å². The number of nitrogens with one attached hydrogen (secondary N) is 1. The molecule has 1 heterocycles. The van der Waals surface area contributed by atoms with Gasteiger partial charge in [0.05, 0.1) is 18.2 Å². The highest BCUT2D eigenvalue weighted by Gasteiger charge is 2.58. The van der Waals surface area contributed by atoms with Crippen molar-refractivity contribution >= 4 is 11.9 Å². The van der Waals surface area contributed by atoms with Crippen molar-refractivity contribution in [3.63, 3.8) is 0 Å². The minimum Gasteiger partial charge on any atom is -0.491 e. The van der Waals surface area contributed by atoms with Gasteiger partial charge in [0.25, 0.3) is 0 Å². The second kappa shape index (κ2) is 13.0. The molecule has 4 atom stereocenters. The molecule has 0 aromatic heterocycles. The van der Waals surface area contributed by atoms with Crippen molar-refractivity contribution in [3.05, 3.63) is 65.2 Å². The summed E-state index contributed by atoms with van der Waals surface area (Å²) in [4.78, 5) is 28.7. The van der Waals surface area contributed by atoms with E-state index in [9.17, 15) is 33.0 Å². The number of carbonyl (C=O) groups is 2. The lowest BCUT2D eigenvalue weighted by molar-refractivity contribution is -0.154. The Bertz CT molecular complexity index is 1220. The maximum absolute atomic E-state index is 14.2. The highest BCUT2D eigenvalue weighted by Crippen LogP contribution is 2.49. The van der Waals surface area contributed by atoms with Crippen LogP contribution in [0, 0.1) is 17.3 Å². The Morgan fingerprint density at radius 1 is 1.02 bits per heavy atom. The molecule has 0 spiro atoms. The normalized spacial score (nSPS) is 23.6. The van der Waals surface area contributed by atoms with Gasteiger partial charge in [0.15, 0.2) is 0 Å². The van der Waals surface area contributed by atoms with E-state index < -0.39 is 47.2 Å². The van der Waals surface area contributed by atoms with E-state index in [1.165, 1.54) is 6.07 Å². The van der Waals surface area contributed by atoms with Crippen molar-refractivity contribution in [2.45, 2.75) is 83.7 Å². The van der Waals surface area contributed by atoms with Crippen LogP contribution in [-0.4, -0.2) is 52.3 Å². The third kappa shape index (κ3) is 6.92. The van der Waals surface area contributed by atoms with E-state index in [2.05, 4.69) is 5.32 Å². The average molecular weight is 591 g/mol. The molecule has 1 saturated carbocycles. The molecule has 4 rings (SSSR count). The highest BCUT2D eigenvalue weighted by molar-refractivity contribution is 5.87. The first-order valence-corrected chi connectivity index (χ1v) is 14.6. The van der Waals surface area contributed by atoms with Crippen molar-refractivity contribution in [1.29, 1.82) is 0 Å². The minimum atomic E-state index is -4.57. The van der Waals surface area contributed by atoms with Gasteiger partial charge in [-0.2, -0.15) is 13.2 Å². The summed E-state index contributed by atoms with van der Waals surface area (Å²) in [7, 11) is 0. The van der Waals surface area contributed by atoms with Crippen LogP contribution in [0.4, 0.5) is 13.2 Å². The van der Waals surface area contributed by atoms with Gasteiger partial charge in [-0.05, 0) is 42.0 Å². The summed E-state index contributed by atoms with van der Waals surface area (Å²) in [5, 5.41) is 23.3. The van der Waals surface area contributed by atoms with E-state index >= 15 is 0 Å². The molecule has 0 bridgehead atoms. The quantitative estimate of drug-likeness (QED) is 0.341. The molecule has 1 amide bonds. The number of aliphatic carboxylic acids is 1. The Morgan fingerprint density at radius 2 is 1.69 bits per heavy atom. The molecule has 10 heteroatoms. The summed E-state index contributed by atoms with van der Waals surface area (Å²) in [5.41, 5.74) is -0.439. The molecular weight excluding hydrogens is 549 g/mol. The number of amides is 1. The van der Waals surface area contributed by atoms with E-state index in [-0.39, 0.29) is 42.9 Å². The monoisotopic (exact) mass is 590 g/mol. The van der Waals surface area contributed by atoms with Gasteiger partial charge in [0, 0.05) is 30.0 Å². The van der Waals surface area contributed by atoms with Gasteiger partial charge >= 0.3 is 12.1 Å². The zero-order valence-corrected chi connectivity index (χ0v) is 24.4. The third-order valence-corrected chi connectivity index (χ3v) is 8.53. The van der Waals surface area contributed by atoms with Crippen molar-refractivity contribution in [3.8, 4) is 5.75 Å². The number of ether oxygens (including phenoxy) is 1. The molecule has 0 radical (unpaired) electrons. The first-order valence-electron chi connectivity index (χ1n) is 14.6. The summed E-state index contributed by atoms with van der Waals surface area (Å²) in [6.07, 6.45) is -0.298. The lowest BCUT2D eigenvalue weighted by Gasteiger charge is -2.36. The van der Waals surface area contributed by atoms with Crippen LogP contribution in [-0.2, 0) is 22.3 Å². The number of carbonyl (C=O) groups excluding carboxylic acids is 1. The average Bonchev–Trinajstić information content (AvgIpc) is 3.31. The molecule has 3 N–H and O–H groups in total. The van der Waals surface area contributed by atoms with Crippen molar-refractivity contribution in [2.24, 2.45) is 17.3 Å². The number of alkyl halides is 3. The summed E-state index contributed by atoms with van der Waals surface area (Å²) in [5.74, 6) is -1.93. The molecule has 230 valence electrons. The molecule has 2 aliphatic rings. The number of aliphatic hydroxyl groups is 1. The maximum Gasteiger partial charge on any atom is 0.416 e. The summed E-state index contributed by atoms with van der Waals surface area (Å²) in [6, 6.07) is 10.0. The van der Waals surface area contributed by atoms with Gasteiger partial charge in [-0.3, -0.25) is 4.79 Å². The number of benzene rings is 2. The van der Waals surface area contributed by atoms with Gasteiger partial charge in [-0.1, -0.05) is 70.4 Å². The van der Waals surface area contributed by atoms with Crippen LogP contribution < -0.4 is 10.1 Å². The van der Waals surface area contributed by atoms with Gasteiger partial charge in [0.1, 0.15) is 18.4 Å². The third-order valence-electron chi connectivity index (χ3n) is 8.53. The van der Waals surface area contributed by atoms with Gasteiger partial charge in [0.2, 0.25) is 5.91 Å². The number of nitrogens with zero attached hydrogens (tertiary/aromatic N) is 1. The topological polar surface area (TPSA) is 99.1 Å². The predicted octanol–water partition coefficient (Wildman–Crippen LogP) is 5.81. The lowest BCUT2D eigenvalue weighted by atomic mass is 9.72. The summed E-state index contributed by atoms with van der Waals surface area (Å²) >= 11 is 0. The Morgan fingerprint density at radius 3 is 2.26 bits per heavy atom. The molecule has 7 nitrogen and oxygen atoms in total. The number of hydrogen-bond donors (Lipinski definition) is 3. The van der Waals surface area contributed by atoms with Crippen LogP contribution in [0.5, 0.6) is 5.75 Å². The standard InChI is InChI=1S/C32H41F3N2O5/c1-31(2,3)25-26(36-19-22-18-23(32(33,34)35)14-15-24(22)42-17-16-38)27(20-10-6-4-7-11-20)37(28(25)30(40)41)29(39)21-12-8-5-9-13-21/h4,6-7,10-11,14-15,18,21,25-28,36,38H,5,8-9,12-13,16-17,19H2,1-3H3,(H,40,41). The maximum atomic E-state index is 14.2. The Hall–Kier alpha value is -3.11. The smallest absolute Gasteiger partial charge is 0.416 e. The molecule has 1 aliphatic heterocycles. The summed E-state index contributed by atoms with van der Waals surface area (Å²) < 4.78 is 46.5. The molecule has 4 unspecified atom stereocenters. The first kappa shape index (κ1) is 31.8. The van der Waals surface area contributed by atoms with Crippen LogP contribution >= 0.6 is 0 Å². The molecule has 1 aliphatic carbocycles. The second-order valence-electron chi connectivity index (χ2n) is 12.4. The number of carboxylic acids is 1. The van der Waals surface area contributed by atoms with E-state index in [4.69, 9.17) is 4.74 Å². The number of halogens is 3. The summed E-state index contributed by atoms with van der Waals surface area (Å²) in [6.45, 7) is 5.32. The van der Waals surface area contributed by atoms with Crippen LogP contribution in [0.25, 0.3) is 0 Å². The van der Waals surface area contributed by atoms with Gasteiger partial charge < -0.3 is 25.2 Å². The first-order chi connectivity index (χ1) is 19.8. The van der Waals surface area contributed by atoms with Gasteiger partial charge in [-0.15, -0.1) is 0 Å². The predicted molar refractivity (Wildman–Crippen MR) is 152 cm³/mol. The highest BCUT2D eigenvalue weighted by atomic mass is 19.4. The molecular formula is C32H41F3N2O5. The fourth-order valence-corrected chi connectivity index (χ4v) is 6.71. The zero-order chi connectivity index (χ0) is 30.7. The number of rotatable bonds is 9. The SMILES string of the molecule is CC(C)(C)C1C(NCc2cc(C(F)(F)F)ccc2OCCO)C(c2ccccc2)N(C(=O)C2CCCCC2)C1C(=O)O. The van der Waals surface area contributed by atoms with E-state index in [1.807, 2.05) is 51.1 Å². The van der Waals surface area contributed by atoms with E-state index in [0.29, 0.717) is 12.8 Å². The van der Waals surface area contributed by atoms with Crippen LogP contribution in [0.1, 0.15) is 75.6 Å². The Labute approximate surface area is 245 Å². The molecule has 2 aromatic carbocycles. The number of aliphatic hydroxyl groups excluding tert-OH is 1. The van der Waals surface area contributed by atoms with Crippen LogP contribution in [0.2, 0.25) is 0 Å². The second-order valence-corrected chi connectivity index (χ2v) is 12.4.